The molecule has 4 heteroatoms. The third-order valence-corrected chi connectivity index (χ3v) is 3.71. The van der Waals surface area contributed by atoms with Crippen molar-refractivity contribution in [2.24, 2.45) is 5.92 Å². The Morgan fingerprint density at radius 1 is 1.09 bits per heavy atom. The van der Waals surface area contributed by atoms with Crippen LogP contribution in [-0.2, 0) is 4.79 Å². The van der Waals surface area contributed by atoms with Crippen molar-refractivity contribution in [2.45, 2.75) is 26.3 Å². The normalized spacial score (nSPS) is 12.5. The Labute approximate surface area is 136 Å². The fourth-order valence-corrected chi connectivity index (χ4v) is 2.66. The molecule has 0 spiro atoms. The summed E-state index contributed by atoms with van der Waals surface area (Å²) in [6, 6.07) is 17.5. The van der Waals surface area contributed by atoms with Gasteiger partial charge in [-0.25, -0.2) is 4.98 Å². The molecule has 0 saturated heterocycles. The molecule has 1 atom stereocenters. The predicted octanol–water partition coefficient (Wildman–Crippen LogP) is 3.81. The monoisotopic (exact) mass is 307 g/mol. The number of nitrogens with one attached hydrogen (secondary N) is 2. The molecule has 23 heavy (non-hydrogen) atoms. The Bertz CT molecular complexity index is 759. The summed E-state index contributed by atoms with van der Waals surface area (Å²) in [6.45, 7) is 4.08. The number of imidazole rings is 1. The highest BCUT2D eigenvalue weighted by molar-refractivity contribution is 5.78. The maximum Gasteiger partial charge on any atom is 0.221 e. The lowest BCUT2D eigenvalue weighted by Gasteiger charge is -2.18. The summed E-state index contributed by atoms with van der Waals surface area (Å²) in [7, 11) is 0. The van der Waals surface area contributed by atoms with Gasteiger partial charge in [0.05, 0.1) is 11.0 Å². The van der Waals surface area contributed by atoms with Crippen LogP contribution in [-0.4, -0.2) is 15.9 Å². The number of carbonyl (C=O) groups excluding carboxylic acids is 1. The fraction of sp³-hybridized carbons (Fsp3) is 0.263. The van der Waals surface area contributed by atoms with Gasteiger partial charge in [-0.2, -0.15) is 0 Å². The van der Waals surface area contributed by atoms with Gasteiger partial charge in [0.15, 0.2) is 0 Å². The van der Waals surface area contributed by atoms with Crippen LogP contribution < -0.4 is 5.32 Å². The predicted molar refractivity (Wildman–Crippen MR) is 92.0 cm³/mol. The van der Waals surface area contributed by atoms with Crippen molar-refractivity contribution in [3.05, 3.63) is 66.0 Å². The van der Waals surface area contributed by atoms with Gasteiger partial charge in [0, 0.05) is 6.42 Å². The van der Waals surface area contributed by atoms with Crippen LogP contribution in [0.3, 0.4) is 0 Å². The van der Waals surface area contributed by atoms with Gasteiger partial charge >= 0.3 is 0 Å². The van der Waals surface area contributed by atoms with Gasteiger partial charge in [-0.3, -0.25) is 4.79 Å². The van der Waals surface area contributed by atoms with Gasteiger partial charge in [0.1, 0.15) is 11.9 Å². The fourth-order valence-electron chi connectivity index (χ4n) is 2.66. The van der Waals surface area contributed by atoms with Crippen LogP contribution in [0.1, 0.15) is 37.7 Å². The minimum Gasteiger partial charge on any atom is -0.342 e. The van der Waals surface area contributed by atoms with E-state index in [-0.39, 0.29) is 11.9 Å². The van der Waals surface area contributed by atoms with E-state index in [0.717, 1.165) is 22.4 Å². The first-order valence-corrected chi connectivity index (χ1v) is 7.92. The molecule has 3 aromatic rings. The van der Waals surface area contributed by atoms with Crippen molar-refractivity contribution < 1.29 is 4.79 Å². The molecule has 0 saturated carbocycles. The maximum absolute atomic E-state index is 12.3. The van der Waals surface area contributed by atoms with Crippen LogP contribution in [0.4, 0.5) is 0 Å². The van der Waals surface area contributed by atoms with Crippen molar-refractivity contribution in [1.29, 1.82) is 0 Å². The highest BCUT2D eigenvalue weighted by atomic mass is 16.1. The molecular weight excluding hydrogens is 286 g/mol. The summed E-state index contributed by atoms with van der Waals surface area (Å²) in [5.41, 5.74) is 2.90. The number of hydrogen-bond donors (Lipinski definition) is 2. The number of aromatic amines is 1. The lowest BCUT2D eigenvalue weighted by Crippen LogP contribution is -2.30. The van der Waals surface area contributed by atoms with E-state index in [4.69, 9.17) is 0 Å². The van der Waals surface area contributed by atoms with E-state index in [1.807, 2.05) is 68.4 Å². The number of hydrogen-bond acceptors (Lipinski definition) is 2. The third-order valence-electron chi connectivity index (χ3n) is 3.71. The van der Waals surface area contributed by atoms with Gasteiger partial charge in [-0.1, -0.05) is 56.3 Å². The molecule has 1 amide bonds. The molecule has 1 heterocycles. The molecule has 118 valence electrons. The third kappa shape index (κ3) is 3.59. The molecule has 0 aliphatic heterocycles. The summed E-state index contributed by atoms with van der Waals surface area (Å²) in [5.74, 6) is 1.12. The first kappa shape index (κ1) is 15.3. The van der Waals surface area contributed by atoms with Gasteiger partial charge in [-0.05, 0) is 23.6 Å². The lowest BCUT2D eigenvalue weighted by molar-refractivity contribution is -0.122. The lowest BCUT2D eigenvalue weighted by atomic mass is 10.0. The number of benzene rings is 2. The zero-order valence-electron chi connectivity index (χ0n) is 13.4. The maximum atomic E-state index is 12.3. The second-order valence-corrected chi connectivity index (χ2v) is 6.15. The number of aromatic nitrogens is 2. The van der Waals surface area contributed by atoms with Crippen LogP contribution >= 0.6 is 0 Å². The highest BCUT2D eigenvalue weighted by Gasteiger charge is 2.20. The van der Waals surface area contributed by atoms with E-state index in [9.17, 15) is 4.79 Å². The van der Waals surface area contributed by atoms with E-state index in [1.54, 1.807) is 0 Å². The summed E-state index contributed by atoms with van der Waals surface area (Å²) in [6.07, 6.45) is 0.504. The number of para-hydroxylation sites is 2. The molecule has 0 fully saturated rings. The number of nitrogens with zero attached hydrogens (tertiary/aromatic N) is 1. The Kier molecular flexibility index (Phi) is 4.42. The summed E-state index contributed by atoms with van der Waals surface area (Å²) in [5, 5.41) is 3.11. The zero-order chi connectivity index (χ0) is 16.2. The Morgan fingerprint density at radius 3 is 2.48 bits per heavy atom. The molecule has 4 nitrogen and oxygen atoms in total. The van der Waals surface area contributed by atoms with Crippen molar-refractivity contribution in [3.8, 4) is 0 Å². The Hall–Kier alpha value is -2.62. The molecule has 0 aliphatic carbocycles. The average molecular weight is 307 g/mol. The second-order valence-electron chi connectivity index (χ2n) is 6.15. The molecular formula is C19H21N3O. The minimum absolute atomic E-state index is 0.0364. The molecule has 3 rings (SSSR count). The molecule has 0 radical (unpaired) electrons. The molecule has 0 bridgehead atoms. The SMILES string of the molecule is CC(C)CC(=O)NC(c1ccccc1)c1nc2ccccc2[nH]1. The van der Waals surface area contributed by atoms with Crippen LogP contribution in [0.25, 0.3) is 11.0 Å². The van der Waals surface area contributed by atoms with Crippen LogP contribution in [0.5, 0.6) is 0 Å². The first-order valence-electron chi connectivity index (χ1n) is 7.92. The van der Waals surface area contributed by atoms with E-state index in [2.05, 4.69) is 15.3 Å². The van der Waals surface area contributed by atoms with Gasteiger partial charge in [-0.15, -0.1) is 0 Å². The van der Waals surface area contributed by atoms with Gasteiger partial charge in [0.2, 0.25) is 5.91 Å². The standard InChI is InChI=1S/C19H21N3O/c1-13(2)12-17(23)22-18(14-8-4-3-5-9-14)19-20-15-10-6-7-11-16(15)21-19/h3-11,13,18H,12H2,1-2H3,(H,20,21)(H,22,23). The molecule has 1 aromatic heterocycles. The van der Waals surface area contributed by atoms with Crippen molar-refractivity contribution >= 4 is 16.9 Å². The zero-order valence-corrected chi connectivity index (χ0v) is 13.4. The van der Waals surface area contributed by atoms with Crippen LogP contribution in [0, 0.1) is 5.92 Å². The highest BCUT2D eigenvalue weighted by Crippen LogP contribution is 2.22. The van der Waals surface area contributed by atoms with E-state index < -0.39 is 0 Å². The molecule has 2 aromatic carbocycles. The van der Waals surface area contributed by atoms with E-state index in [0.29, 0.717) is 12.3 Å². The topological polar surface area (TPSA) is 57.8 Å². The molecule has 0 aliphatic rings. The smallest absolute Gasteiger partial charge is 0.221 e. The van der Waals surface area contributed by atoms with E-state index >= 15 is 0 Å². The minimum atomic E-state index is -0.269. The Morgan fingerprint density at radius 2 is 1.78 bits per heavy atom. The van der Waals surface area contributed by atoms with Crippen molar-refractivity contribution in [3.63, 3.8) is 0 Å². The molecule has 1 unspecified atom stereocenters. The average Bonchev–Trinajstić information content (AvgIpc) is 2.96. The van der Waals surface area contributed by atoms with Crippen molar-refractivity contribution in [2.75, 3.05) is 0 Å². The number of amides is 1. The summed E-state index contributed by atoms with van der Waals surface area (Å²) in [4.78, 5) is 20.3. The molecule has 2 N–H and O–H groups in total. The first-order chi connectivity index (χ1) is 11.1. The van der Waals surface area contributed by atoms with E-state index in [1.165, 1.54) is 0 Å². The quantitative estimate of drug-likeness (QED) is 0.753. The Balaban J connectivity index is 1.96. The second kappa shape index (κ2) is 6.65. The summed E-state index contributed by atoms with van der Waals surface area (Å²) < 4.78 is 0. The number of carbonyl (C=O) groups is 1. The largest absolute Gasteiger partial charge is 0.342 e. The van der Waals surface area contributed by atoms with Crippen LogP contribution in [0.2, 0.25) is 0 Å². The van der Waals surface area contributed by atoms with Gasteiger partial charge < -0.3 is 10.3 Å². The van der Waals surface area contributed by atoms with Gasteiger partial charge in [0.25, 0.3) is 0 Å². The van der Waals surface area contributed by atoms with Crippen LogP contribution in [0.15, 0.2) is 54.6 Å². The number of rotatable bonds is 5. The number of H-pyrrole nitrogens is 1. The summed E-state index contributed by atoms with van der Waals surface area (Å²) >= 11 is 0. The van der Waals surface area contributed by atoms with Crippen molar-refractivity contribution in [1.82, 2.24) is 15.3 Å². The number of fused-ring (bicyclic) bond motifs is 1.